The third kappa shape index (κ3) is 1.91. The minimum atomic E-state index is 0.0497. The normalized spacial score (nSPS) is 23.6. The number of fused-ring (bicyclic) bond motifs is 1. The van der Waals surface area contributed by atoms with Crippen LogP contribution in [0.2, 0.25) is 5.15 Å². The number of pyridine rings is 1. The van der Waals surface area contributed by atoms with Crippen LogP contribution in [0.5, 0.6) is 0 Å². The first-order chi connectivity index (χ1) is 8.24. The van der Waals surface area contributed by atoms with E-state index in [1.54, 1.807) is 6.07 Å². The van der Waals surface area contributed by atoms with Crippen molar-refractivity contribution in [2.45, 2.75) is 6.04 Å². The highest BCUT2D eigenvalue weighted by molar-refractivity contribution is 6.29. The van der Waals surface area contributed by atoms with Crippen molar-refractivity contribution in [2.24, 2.45) is 0 Å². The molecule has 1 aromatic heterocycles. The Morgan fingerprint density at radius 3 is 3.12 bits per heavy atom. The van der Waals surface area contributed by atoms with Gasteiger partial charge in [0.2, 0.25) is 0 Å². The van der Waals surface area contributed by atoms with Gasteiger partial charge in [-0.05, 0) is 12.1 Å². The fourth-order valence-electron chi connectivity index (χ4n) is 2.39. The second-order valence-corrected chi connectivity index (χ2v) is 4.69. The highest BCUT2D eigenvalue weighted by Gasteiger charge is 2.35. The monoisotopic (exact) mass is 252 g/mol. The van der Waals surface area contributed by atoms with Crippen molar-refractivity contribution in [1.29, 1.82) is 0 Å². The van der Waals surface area contributed by atoms with Crippen LogP contribution >= 0.6 is 11.6 Å². The van der Waals surface area contributed by atoms with Crippen LogP contribution in [0.4, 0.5) is 10.6 Å². The minimum Gasteiger partial charge on any atom is -0.353 e. The summed E-state index contributed by atoms with van der Waals surface area (Å²) in [6.45, 7) is 3.07. The number of anilines is 1. The summed E-state index contributed by atoms with van der Waals surface area (Å²) < 4.78 is 0. The van der Waals surface area contributed by atoms with Crippen molar-refractivity contribution < 1.29 is 4.79 Å². The van der Waals surface area contributed by atoms with E-state index in [2.05, 4.69) is 15.2 Å². The molecule has 1 unspecified atom stereocenters. The van der Waals surface area contributed by atoms with Crippen molar-refractivity contribution in [3.63, 3.8) is 0 Å². The van der Waals surface area contributed by atoms with Crippen molar-refractivity contribution in [1.82, 2.24) is 15.2 Å². The molecule has 90 valence electrons. The predicted molar refractivity (Wildman–Crippen MR) is 65.4 cm³/mol. The summed E-state index contributed by atoms with van der Waals surface area (Å²) in [6, 6.07) is 5.91. The number of carbonyl (C=O) groups excluding carboxylic acids is 1. The zero-order chi connectivity index (χ0) is 11.8. The van der Waals surface area contributed by atoms with Crippen LogP contribution in [0, 0.1) is 0 Å². The molecule has 0 spiro atoms. The summed E-state index contributed by atoms with van der Waals surface area (Å²) in [5.74, 6) is 0.886. The fraction of sp³-hybridized carbons (Fsp3) is 0.455. The number of urea groups is 1. The van der Waals surface area contributed by atoms with Gasteiger partial charge in [0.1, 0.15) is 11.0 Å². The second-order valence-electron chi connectivity index (χ2n) is 4.30. The maximum Gasteiger partial charge on any atom is 0.317 e. The third-order valence-electron chi connectivity index (χ3n) is 3.26. The standard InChI is InChI=1S/C11H13ClN4O/c12-9-2-1-3-10(14-9)15-4-5-16-8(7-15)6-13-11(16)17/h1-3,8H,4-7H2,(H,13,17). The maximum absolute atomic E-state index is 11.5. The van der Waals surface area contributed by atoms with E-state index in [9.17, 15) is 4.79 Å². The number of amides is 2. The largest absolute Gasteiger partial charge is 0.353 e. The fourth-order valence-corrected chi connectivity index (χ4v) is 2.55. The lowest BCUT2D eigenvalue weighted by Gasteiger charge is -2.37. The first-order valence-electron chi connectivity index (χ1n) is 5.66. The number of hydrogen-bond donors (Lipinski definition) is 1. The first-order valence-corrected chi connectivity index (χ1v) is 6.04. The molecule has 2 fully saturated rings. The highest BCUT2D eigenvalue weighted by Crippen LogP contribution is 2.20. The van der Waals surface area contributed by atoms with Crippen LogP contribution in [-0.2, 0) is 0 Å². The number of hydrogen-bond acceptors (Lipinski definition) is 3. The second kappa shape index (κ2) is 4.07. The van der Waals surface area contributed by atoms with E-state index in [1.807, 2.05) is 17.0 Å². The zero-order valence-electron chi connectivity index (χ0n) is 9.27. The van der Waals surface area contributed by atoms with Crippen molar-refractivity contribution in [2.75, 3.05) is 31.1 Å². The van der Waals surface area contributed by atoms with Crippen LogP contribution < -0.4 is 10.2 Å². The summed E-state index contributed by atoms with van der Waals surface area (Å²) >= 11 is 5.88. The van der Waals surface area contributed by atoms with Gasteiger partial charge in [-0.3, -0.25) is 0 Å². The average molecular weight is 253 g/mol. The van der Waals surface area contributed by atoms with Gasteiger partial charge in [-0.25, -0.2) is 9.78 Å². The van der Waals surface area contributed by atoms with E-state index in [1.165, 1.54) is 0 Å². The zero-order valence-corrected chi connectivity index (χ0v) is 10.0. The molecular formula is C11H13ClN4O. The molecule has 1 aromatic rings. The summed E-state index contributed by atoms with van der Waals surface area (Å²) in [4.78, 5) is 19.8. The summed E-state index contributed by atoms with van der Waals surface area (Å²) in [5.41, 5.74) is 0. The highest BCUT2D eigenvalue weighted by atomic mass is 35.5. The van der Waals surface area contributed by atoms with Crippen molar-refractivity contribution >= 4 is 23.4 Å². The van der Waals surface area contributed by atoms with Gasteiger partial charge in [-0.1, -0.05) is 17.7 Å². The topological polar surface area (TPSA) is 48.5 Å². The van der Waals surface area contributed by atoms with Crippen molar-refractivity contribution in [3.05, 3.63) is 23.4 Å². The summed E-state index contributed by atoms with van der Waals surface area (Å²) in [7, 11) is 0. The molecule has 6 heteroatoms. The van der Waals surface area contributed by atoms with Gasteiger partial charge in [0, 0.05) is 26.2 Å². The van der Waals surface area contributed by atoms with E-state index in [-0.39, 0.29) is 12.1 Å². The molecule has 0 aromatic carbocycles. The Hall–Kier alpha value is -1.49. The van der Waals surface area contributed by atoms with Gasteiger partial charge in [0.15, 0.2) is 0 Å². The van der Waals surface area contributed by atoms with Gasteiger partial charge in [0.25, 0.3) is 0 Å². The van der Waals surface area contributed by atoms with Gasteiger partial charge in [-0.2, -0.15) is 0 Å². The number of nitrogens with zero attached hydrogens (tertiary/aromatic N) is 3. The quantitative estimate of drug-likeness (QED) is 0.757. The molecule has 2 aliphatic heterocycles. The van der Waals surface area contributed by atoms with Gasteiger partial charge >= 0.3 is 6.03 Å². The number of piperazine rings is 1. The molecule has 5 nitrogen and oxygen atoms in total. The van der Waals surface area contributed by atoms with E-state index >= 15 is 0 Å². The van der Waals surface area contributed by atoms with Crippen LogP contribution in [-0.4, -0.2) is 48.1 Å². The molecule has 1 N–H and O–H groups in total. The molecule has 3 heterocycles. The molecular weight excluding hydrogens is 240 g/mol. The minimum absolute atomic E-state index is 0.0497. The van der Waals surface area contributed by atoms with E-state index < -0.39 is 0 Å². The van der Waals surface area contributed by atoms with E-state index in [4.69, 9.17) is 11.6 Å². The molecule has 0 aliphatic carbocycles. The Labute approximate surface area is 104 Å². The number of halogens is 1. The molecule has 17 heavy (non-hydrogen) atoms. The summed E-state index contributed by atoms with van der Waals surface area (Å²) in [5, 5.41) is 3.36. The van der Waals surface area contributed by atoms with E-state index in [0.29, 0.717) is 5.15 Å². The van der Waals surface area contributed by atoms with E-state index in [0.717, 1.165) is 32.0 Å². The third-order valence-corrected chi connectivity index (χ3v) is 3.47. The molecule has 2 saturated heterocycles. The first kappa shape index (κ1) is 10.7. The number of nitrogens with one attached hydrogen (secondary N) is 1. The Bertz CT molecular complexity index is 453. The molecule has 0 radical (unpaired) electrons. The lowest BCUT2D eigenvalue weighted by molar-refractivity contribution is 0.197. The van der Waals surface area contributed by atoms with Crippen molar-refractivity contribution in [3.8, 4) is 0 Å². The maximum atomic E-state index is 11.5. The van der Waals surface area contributed by atoms with Gasteiger partial charge in [-0.15, -0.1) is 0 Å². The predicted octanol–water partition coefficient (Wildman–Crippen LogP) is 0.949. The molecule has 0 bridgehead atoms. The Kier molecular flexibility index (Phi) is 2.55. The Morgan fingerprint density at radius 2 is 2.29 bits per heavy atom. The number of rotatable bonds is 1. The number of aromatic nitrogens is 1. The van der Waals surface area contributed by atoms with Crippen LogP contribution in [0.25, 0.3) is 0 Å². The molecule has 0 saturated carbocycles. The summed E-state index contributed by atoms with van der Waals surface area (Å²) in [6.07, 6.45) is 0. The molecule has 2 amide bonds. The smallest absolute Gasteiger partial charge is 0.317 e. The van der Waals surface area contributed by atoms with Gasteiger partial charge < -0.3 is 15.1 Å². The Morgan fingerprint density at radius 1 is 1.41 bits per heavy atom. The van der Waals surface area contributed by atoms with Crippen LogP contribution in [0.15, 0.2) is 18.2 Å². The SMILES string of the molecule is O=C1NCC2CN(c3cccc(Cl)n3)CCN12. The van der Waals surface area contributed by atoms with Crippen LogP contribution in [0.1, 0.15) is 0 Å². The molecule has 3 rings (SSSR count). The lowest BCUT2D eigenvalue weighted by atomic mass is 10.2. The molecule has 2 aliphatic rings. The number of carbonyl (C=O) groups is 1. The lowest BCUT2D eigenvalue weighted by Crippen LogP contribution is -2.52. The van der Waals surface area contributed by atoms with Crippen LogP contribution in [0.3, 0.4) is 0 Å². The molecule has 1 atom stereocenters. The Balaban J connectivity index is 1.77. The average Bonchev–Trinajstić information content (AvgIpc) is 2.71. The van der Waals surface area contributed by atoms with Gasteiger partial charge in [0.05, 0.1) is 6.04 Å².